The number of carbonyl (C=O) groups excluding carboxylic acids is 1. The van der Waals surface area contributed by atoms with Crippen LogP contribution in [0.2, 0.25) is 0 Å². The van der Waals surface area contributed by atoms with Crippen LogP contribution in [0.3, 0.4) is 0 Å². The Morgan fingerprint density at radius 3 is 2.45 bits per heavy atom. The third-order valence-corrected chi connectivity index (χ3v) is 3.99. The van der Waals surface area contributed by atoms with Crippen LogP contribution < -0.4 is 5.32 Å². The van der Waals surface area contributed by atoms with Crippen molar-refractivity contribution in [2.75, 3.05) is 6.54 Å². The van der Waals surface area contributed by atoms with E-state index in [-0.39, 0.29) is 5.91 Å². The first-order valence-corrected chi connectivity index (χ1v) is 7.91. The molecule has 0 radical (unpaired) electrons. The summed E-state index contributed by atoms with van der Waals surface area (Å²) in [4.78, 5) is 11.8. The van der Waals surface area contributed by atoms with Gasteiger partial charge in [-0.05, 0) is 41.5 Å². The van der Waals surface area contributed by atoms with E-state index in [1.54, 1.807) is 6.08 Å². The van der Waals surface area contributed by atoms with Crippen LogP contribution in [0.4, 0.5) is 0 Å². The molecule has 3 heteroatoms. The number of benzene rings is 1. The molecule has 2 nitrogen and oxygen atoms in total. The highest BCUT2D eigenvalue weighted by molar-refractivity contribution is 9.10. The molecule has 0 aliphatic rings. The zero-order valence-corrected chi connectivity index (χ0v) is 14.3. The van der Waals surface area contributed by atoms with Crippen LogP contribution in [-0.4, -0.2) is 12.5 Å². The Morgan fingerprint density at radius 1 is 1.25 bits per heavy atom. The summed E-state index contributed by atoms with van der Waals surface area (Å²) >= 11 is 3.42. The maximum Gasteiger partial charge on any atom is 0.244 e. The molecule has 1 N–H and O–H groups in total. The van der Waals surface area contributed by atoms with Gasteiger partial charge in [0.05, 0.1) is 0 Å². The summed E-state index contributed by atoms with van der Waals surface area (Å²) in [5, 5.41) is 2.99. The Morgan fingerprint density at radius 2 is 1.90 bits per heavy atom. The molecule has 1 rings (SSSR count). The molecule has 0 atom stereocenters. The van der Waals surface area contributed by atoms with Crippen molar-refractivity contribution < 1.29 is 4.79 Å². The summed E-state index contributed by atoms with van der Waals surface area (Å²) in [7, 11) is 0. The average molecular weight is 338 g/mol. The van der Waals surface area contributed by atoms with E-state index in [1.807, 2.05) is 30.3 Å². The molecule has 0 bridgehead atoms. The van der Waals surface area contributed by atoms with E-state index in [2.05, 4.69) is 48.9 Å². The van der Waals surface area contributed by atoms with Gasteiger partial charge in [0.15, 0.2) is 0 Å². The highest BCUT2D eigenvalue weighted by atomic mass is 79.9. The summed E-state index contributed by atoms with van der Waals surface area (Å²) in [5.41, 5.74) is 1.01. The van der Waals surface area contributed by atoms with Gasteiger partial charge in [-0.1, -0.05) is 55.8 Å². The molecule has 20 heavy (non-hydrogen) atoms. The molecule has 1 aromatic carbocycles. The van der Waals surface area contributed by atoms with Crippen molar-refractivity contribution in [3.63, 3.8) is 0 Å². The zero-order chi connectivity index (χ0) is 15.1. The summed E-state index contributed by atoms with van der Waals surface area (Å²) < 4.78 is 1.01. The SMILES string of the molecule is CC(C)C(CNC(=O)/C=C/c1cccc(Br)c1)C(C)C. The van der Waals surface area contributed by atoms with Crippen LogP contribution in [0.1, 0.15) is 33.3 Å². The number of rotatable bonds is 6. The maximum absolute atomic E-state index is 11.8. The minimum absolute atomic E-state index is 0.0312. The van der Waals surface area contributed by atoms with Crippen LogP contribution in [0.25, 0.3) is 6.08 Å². The van der Waals surface area contributed by atoms with Gasteiger partial charge >= 0.3 is 0 Å². The van der Waals surface area contributed by atoms with Crippen LogP contribution in [0.5, 0.6) is 0 Å². The molecule has 0 aliphatic heterocycles. The Labute approximate surface area is 130 Å². The minimum atomic E-state index is -0.0312. The van der Waals surface area contributed by atoms with E-state index in [4.69, 9.17) is 0 Å². The predicted octanol–water partition coefficient (Wildman–Crippen LogP) is 4.51. The third kappa shape index (κ3) is 5.91. The molecule has 0 fully saturated rings. The Kier molecular flexibility index (Phi) is 7.00. The molecular formula is C17H24BrNO. The van der Waals surface area contributed by atoms with Gasteiger partial charge in [0, 0.05) is 17.1 Å². The first kappa shape index (κ1) is 17.0. The lowest BCUT2D eigenvalue weighted by Crippen LogP contribution is -2.32. The van der Waals surface area contributed by atoms with E-state index in [9.17, 15) is 4.79 Å². The second-order valence-corrected chi connectivity index (χ2v) is 6.70. The van der Waals surface area contributed by atoms with Crippen molar-refractivity contribution in [3.8, 4) is 0 Å². The second kappa shape index (κ2) is 8.25. The van der Waals surface area contributed by atoms with Crippen LogP contribution in [0, 0.1) is 17.8 Å². The zero-order valence-electron chi connectivity index (χ0n) is 12.7. The quantitative estimate of drug-likeness (QED) is 0.760. The normalized spacial score (nSPS) is 11.8. The Balaban J connectivity index is 2.51. The lowest BCUT2D eigenvalue weighted by molar-refractivity contribution is -0.116. The molecule has 0 unspecified atom stereocenters. The van der Waals surface area contributed by atoms with Gasteiger partial charge in [-0.15, -0.1) is 0 Å². The van der Waals surface area contributed by atoms with E-state index in [0.29, 0.717) is 17.8 Å². The van der Waals surface area contributed by atoms with Crippen molar-refractivity contribution in [1.82, 2.24) is 5.32 Å². The fourth-order valence-electron chi connectivity index (χ4n) is 2.30. The molecule has 0 aliphatic carbocycles. The number of amides is 1. The lowest BCUT2D eigenvalue weighted by Gasteiger charge is -2.24. The molecule has 1 aromatic rings. The van der Waals surface area contributed by atoms with Crippen molar-refractivity contribution >= 4 is 27.9 Å². The van der Waals surface area contributed by atoms with Gasteiger partial charge in [-0.2, -0.15) is 0 Å². The van der Waals surface area contributed by atoms with Crippen LogP contribution in [0.15, 0.2) is 34.8 Å². The summed E-state index contributed by atoms with van der Waals surface area (Å²) in [5.74, 6) is 1.63. The lowest BCUT2D eigenvalue weighted by atomic mass is 9.85. The highest BCUT2D eigenvalue weighted by Gasteiger charge is 2.17. The summed E-state index contributed by atoms with van der Waals surface area (Å²) in [6.07, 6.45) is 3.43. The smallest absolute Gasteiger partial charge is 0.244 e. The van der Waals surface area contributed by atoms with Gasteiger partial charge in [0.2, 0.25) is 5.91 Å². The van der Waals surface area contributed by atoms with E-state index in [1.165, 1.54) is 0 Å². The largest absolute Gasteiger partial charge is 0.352 e. The van der Waals surface area contributed by atoms with Crippen LogP contribution in [-0.2, 0) is 4.79 Å². The number of carbonyl (C=O) groups is 1. The van der Waals surface area contributed by atoms with Gasteiger partial charge in [0.1, 0.15) is 0 Å². The van der Waals surface area contributed by atoms with E-state index in [0.717, 1.165) is 16.6 Å². The van der Waals surface area contributed by atoms with Crippen molar-refractivity contribution in [2.45, 2.75) is 27.7 Å². The molecule has 0 spiro atoms. The van der Waals surface area contributed by atoms with E-state index < -0.39 is 0 Å². The predicted molar refractivity (Wildman–Crippen MR) is 89.4 cm³/mol. The first-order valence-electron chi connectivity index (χ1n) is 7.11. The number of hydrogen-bond donors (Lipinski definition) is 1. The topological polar surface area (TPSA) is 29.1 Å². The standard InChI is InChI=1S/C17H24BrNO/c1-12(2)16(13(3)4)11-19-17(20)9-8-14-6-5-7-15(18)10-14/h5-10,12-13,16H,11H2,1-4H3,(H,19,20)/b9-8+. The average Bonchev–Trinajstić information content (AvgIpc) is 2.35. The number of halogens is 1. The first-order chi connectivity index (χ1) is 9.40. The van der Waals surface area contributed by atoms with Gasteiger partial charge in [-0.3, -0.25) is 4.79 Å². The molecule has 0 heterocycles. The monoisotopic (exact) mass is 337 g/mol. The number of nitrogens with one attached hydrogen (secondary N) is 1. The third-order valence-electron chi connectivity index (χ3n) is 3.50. The van der Waals surface area contributed by atoms with E-state index >= 15 is 0 Å². The highest BCUT2D eigenvalue weighted by Crippen LogP contribution is 2.19. The minimum Gasteiger partial charge on any atom is -0.352 e. The molecule has 0 saturated carbocycles. The number of hydrogen-bond acceptors (Lipinski definition) is 1. The fraction of sp³-hybridized carbons (Fsp3) is 0.471. The van der Waals surface area contributed by atoms with Gasteiger partial charge in [-0.25, -0.2) is 0 Å². The summed E-state index contributed by atoms with van der Waals surface area (Å²) in [6.45, 7) is 9.54. The molecule has 110 valence electrons. The Bertz CT molecular complexity index is 458. The summed E-state index contributed by atoms with van der Waals surface area (Å²) in [6, 6.07) is 7.87. The van der Waals surface area contributed by atoms with Crippen LogP contribution >= 0.6 is 15.9 Å². The van der Waals surface area contributed by atoms with Crippen molar-refractivity contribution in [2.24, 2.45) is 17.8 Å². The second-order valence-electron chi connectivity index (χ2n) is 5.79. The molecule has 0 aromatic heterocycles. The van der Waals surface area contributed by atoms with Gasteiger partial charge in [0.25, 0.3) is 0 Å². The van der Waals surface area contributed by atoms with Crippen molar-refractivity contribution in [3.05, 3.63) is 40.4 Å². The van der Waals surface area contributed by atoms with Gasteiger partial charge < -0.3 is 5.32 Å². The fourth-order valence-corrected chi connectivity index (χ4v) is 2.72. The maximum atomic E-state index is 11.8. The molecule has 0 saturated heterocycles. The Hall–Kier alpha value is -1.09. The molecular weight excluding hydrogens is 314 g/mol. The van der Waals surface area contributed by atoms with Crippen molar-refractivity contribution in [1.29, 1.82) is 0 Å². The molecule has 1 amide bonds.